The highest BCUT2D eigenvalue weighted by Gasteiger charge is 2.32. The van der Waals surface area contributed by atoms with E-state index in [4.69, 9.17) is 27.9 Å². The van der Waals surface area contributed by atoms with Gasteiger partial charge in [-0.3, -0.25) is 4.79 Å². The molecule has 0 N–H and O–H groups in total. The van der Waals surface area contributed by atoms with Crippen LogP contribution >= 0.6 is 23.2 Å². The first-order chi connectivity index (χ1) is 13.4. The summed E-state index contributed by atoms with van der Waals surface area (Å²) in [5, 5.41) is 0.192. The first-order valence-corrected chi connectivity index (χ1v) is 11.0. The van der Waals surface area contributed by atoms with Crippen LogP contribution in [0.15, 0.2) is 47.4 Å². The molecule has 0 atom stereocenters. The van der Waals surface area contributed by atoms with Gasteiger partial charge in [-0.25, -0.2) is 8.42 Å². The first kappa shape index (κ1) is 20.9. The van der Waals surface area contributed by atoms with Gasteiger partial charge in [-0.05, 0) is 31.2 Å². The second-order valence-electron chi connectivity index (χ2n) is 6.18. The van der Waals surface area contributed by atoms with Crippen LogP contribution in [0, 0.1) is 0 Å². The molecule has 1 heterocycles. The summed E-state index contributed by atoms with van der Waals surface area (Å²) >= 11 is 12.0. The molecular formula is C19H20Cl2N2O4S. The van der Waals surface area contributed by atoms with E-state index in [9.17, 15) is 13.2 Å². The van der Waals surface area contributed by atoms with Gasteiger partial charge in [0, 0.05) is 26.2 Å². The van der Waals surface area contributed by atoms with Gasteiger partial charge < -0.3 is 9.64 Å². The van der Waals surface area contributed by atoms with Gasteiger partial charge in [0.15, 0.2) is 0 Å². The maximum absolute atomic E-state index is 12.9. The molecule has 6 nitrogen and oxygen atoms in total. The molecule has 0 saturated carbocycles. The number of carbonyl (C=O) groups excluding carboxylic acids is 1. The molecule has 1 fully saturated rings. The van der Waals surface area contributed by atoms with Crippen molar-refractivity contribution in [3.05, 3.63) is 58.1 Å². The zero-order chi connectivity index (χ0) is 20.3. The number of hydrogen-bond donors (Lipinski definition) is 0. The Balaban J connectivity index is 1.74. The maximum atomic E-state index is 12.9. The van der Waals surface area contributed by atoms with Gasteiger partial charge in [-0.1, -0.05) is 41.4 Å². The van der Waals surface area contributed by atoms with E-state index in [2.05, 4.69) is 0 Å². The van der Waals surface area contributed by atoms with Crippen molar-refractivity contribution in [2.75, 3.05) is 32.8 Å². The number of sulfonamides is 1. The largest absolute Gasteiger partial charge is 0.493 e. The number of halogens is 2. The number of nitrogens with zero attached hydrogens (tertiary/aromatic N) is 2. The van der Waals surface area contributed by atoms with Gasteiger partial charge in [0.05, 0.1) is 22.2 Å². The first-order valence-electron chi connectivity index (χ1n) is 8.81. The van der Waals surface area contributed by atoms with Crippen molar-refractivity contribution in [2.45, 2.75) is 11.8 Å². The fourth-order valence-corrected chi connectivity index (χ4v) is 5.21. The normalized spacial score (nSPS) is 15.5. The summed E-state index contributed by atoms with van der Waals surface area (Å²) in [4.78, 5) is 14.5. The molecule has 1 aliphatic heterocycles. The van der Waals surface area contributed by atoms with Gasteiger partial charge in [0.1, 0.15) is 10.6 Å². The highest BCUT2D eigenvalue weighted by molar-refractivity contribution is 7.89. The zero-order valence-electron chi connectivity index (χ0n) is 15.3. The van der Waals surface area contributed by atoms with Gasteiger partial charge >= 0.3 is 0 Å². The molecule has 0 radical (unpaired) electrons. The Hall–Kier alpha value is -1.80. The molecule has 1 aliphatic rings. The molecule has 1 amide bonds. The number of benzene rings is 2. The van der Waals surface area contributed by atoms with Crippen molar-refractivity contribution >= 4 is 39.1 Å². The summed E-state index contributed by atoms with van der Waals surface area (Å²) in [6, 6.07) is 11.6. The molecule has 28 heavy (non-hydrogen) atoms. The Labute approximate surface area is 174 Å². The lowest BCUT2D eigenvalue weighted by Gasteiger charge is -2.34. The number of rotatable bonds is 5. The van der Waals surface area contributed by atoms with Gasteiger partial charge in [-0.2, -0.15) is 4.31 Å². The fraction of sp³-hybridized carbons (Fsp3) is 0.316. The van der Waals surface area contributed by atoms with Crippen molar-refractivity contribution in [1.82, 2.24) is 9.21 Å². The van der Waals surface area contributed by atoms with E-state index in [1.165, 1.54) is 16.4 Å². The lowest BCUT2D eigenvalue weighted by molar-refractivity contribution is 0.0693. The summed E-state index contributed by atoms with van der Waals surface area (Å²) in [5.74, 6) is 0.345. The molecule has 2 aromatic carbocycles. The molecule has 0 unspecified atom stereocenters. The zero-order valence-corrected chi connectivity index (χ0v) is 17.6. The number of amides is 1. The molecule has 2 aromatic rings. The Morgan fingerprint density at radius 2 is 1.71 bits per heavy atom. The summed E-state index contributed by atoms with van der Waals surface area (Å²) in [5.41, 5.74) is 0.471. The third-order valence-electron chi connectivity index (χ3n) is 4.48. The number of para-hydroxylation sites is 1. The van der Waals surface area contributed by atoms with E-state index in [1.54, 1.807) is 35.2 Å². The number of piperazine rings is 1. The van der Waals surface area contributed by atoms with Crippen LogP contribution in [0.1, 0.15) is 17.3 Å². The topological polar surface area (TPSA) is 66.9 Å². The molecule has 150 valence electrons. The van der Waals surface area contributed by atoms with Crippen molar-refractivity contribution in [2.24, 2.45) is 0 Å². The SMILES string of the molecule is CCOc1ccccc1C(=O)N1CCN(S(=O)(=O)c2cccc(Cl)c2Cl)CC1. The van der Waals surface area contributed by atoms with Crippen LogP contribution in [0.5, 0.6) is 5.75 Å². The molecule has 0 aromatic heterocycles. The van der Waals surface area contributed by atoms with Crippen LogP contribution < -0.4 is 4.74 Å². The predicted octanol–water partition coefficient (Wildman–Crippen LogP) is 3.54. The average molecular weight is 443 g/mol. The van der Waals surface area contributed by atoms with Crippen LogP contribution in [0.2, 0.25) is 10.0 Å². The molecular weight excluding hydrogens is 423 g/mol. The van der Waals surface area contributed by atoms with E-state index in [1.807, 2.05) is 6.92 Å². The minimum absolute atomic E-state index is 0.00770. The second-order valence-corrected chi connectivity index (χ2v) is 8.87. The quantitative estimate of drug-likeness (QED) is 0.709. The summed E-state index contributed by atoms with van der Waals surface area (Å²) in [7, 11) is -3.79. The summed E-state index contributed by atoms with van der Waals surface area (Å²) < 4.78 is 32.7. The fourth-order valence-electron chi connectivity index (χ4n) is 3.05. The van der Waals surface area contributed by atoms with Crippen LogP contribution in [-0.4, -0.2) is 56.3 Å². The van der Waals surface area contributed by atoms with Gasteiger partial charge in [0.25, 0.3) is 5.91 Å². The van der Waals surface area contributed by atoms with Crippen LogP contribution in [-0.2, 0) is 10.0 Å². The van der Waals surface area contributed by atoms with Crippen LogP contribution in [0.25, 0.3) is 0 Å². The minimum atomic E-state index is -3.79. The standard InChI is InChI=1S/C19H20Cl2N2O4S/c1-2-27-16-8-4-3-6-14(16)19(24)22-10-12-23(13-11-22)28(25,26)17-9-5-7-15(20)18(17)21/h3-9H,2,10-13H2,1H3. The Kier molecular flexibility index (Phi) is 6.50. The second kappa shape index (κ2) is 8.69. The Bertz CT molecular complexity index is 974. The summed E-state index contributed by atoms with van der Waals surface area (Å²) in [6.07, 6.45) is 0. The highest BCUT2D eigenvalue weighted by atomic mass is 35.5. The molecule has 0 bridgehead atoms. The lowest BCUT2D eigenvalue weighted by atomic mass is 10.1. The molecule has 0 spiro atoms. The van der Waals surface area contributed by atoms with E-state index >= 15 is 0 Å². The average Bonchev–Trinajstić information content (AvgIpc) is 2.70. The molecule has 0 aliphatic carbocycles. The maximum Gasteiger partial charge on any atom is 0.257 e. The Morgan fingerprint density at radius 3 is 2.39 bits per heavy atom. The molecule has 3 rings (SSSR count). The van der Waals surface area contributed by atoms with Crippen LogP contribution in [0.4, 0.5) is 0 Å². The number of ether oxygens (including phenoxy) is 1. The van der Waals surface area contributed by atoms with E-state index in [-0.39, 0.29) is 47.0 Å². The smallest absolute Gasteiger partial charge is 0.257 e. The van der Waals surface area contributed by atoms with Crippen molar-refractivity contribution in [3.63, 3.8) is 0 Å². The van der Waals surface area contributed by atoms with Gasteiger partial charge in [0.2, 0.25) is 10.0 Å². The highest BCUT2D eigenvalue weighted by Crippen LogP contribution is 2.31. The predicted molar refractivity (Wildman–Crippen MR) is 109 cm³/mol. The third kappa shape index (κ3) is 4.12. The van der Waals surface area contributed by atoms with Crippen molar-refractivity contribution in [1.29, 1.82) is 0 Å². The van der Waals surface area contributed by atoms with E-state index in [0.29, 0.717) is 17.9 Å². The molecule has 1 saturated heterocycles. The minimum Gasteiger partial charge on any atom is -0.493 e. The van der Waals surface area contributed by atoms with Crippen LogP contribution in [0.3, 0.4) is 0 Å². The number of carbonyl (C=O) groups is 1. The number of hydrogen-bond acceptors (Lipinski definition) is 4. The lowest BCUT2D eigenvalue weighted by Crippen LogP contribution is -2.50. The van der Waals surface area contributed by atoms with E-state index in [0.717, 1.165) is 0 Å². The third-order valence-corrected chi connectivity index (χ3v) is 7.35. The monoisotopic (exact) mass is 442 g/mol. The molecule has 9 heteroatoms. The van der Waals surface area contributed by atoms with Crippen molar-refractivity contribution in [3.8, 4) is 5.75 Å². The summed E-state index contributed by atoms with van der Waals surface area (Å²) in [6.45, 7) is 3.21. The van der Waals surface area contributed by atoms with E-state index < -0.39 is 10.0 Å². The van der Waals surface area contributed by atoms with Gasteiger partial charge in [-0.15, -0.1) is 0 Å². The van der Waals surface area contributed by atoms with Crippen molar-refractivity contribution < 1.29 is 17.9 Å². The Morgan fingerprint density at radius 1 is 1.04 bits per heavy atom.